The molecular weight excluding hydrogens is 194 g/mol. The van der Waals surface area contributed by atoms with Gasteiger partial charge in [-0.15, -0.1) is 0 Å². The Kier molecular flexibility index (Phi) is 2.63. The van der Waals surface area contributed by atoms with E-state index in [4.69, 9.17) is 18.0 Å². The number of thiocarbonyl (C=S) groups is 1. The summed E-state index contributed by atoms with van der Waals surface area (Å²) in [6.07, 6.45) is 4.42. The van der Waals surface area contributed by atoms with Gasteiger partial charge in [0.2, 0.25) is 0 Å². The first-order chi connectivity index (χ1) is 6.75. The van der Waals surface area contributed by atoms with Crippen molar-refractivity contribution in [3.8, 4) is 0 Å². The van der Waals surface area contributed by atoms with Crippen LogP contribution in [0.1, 0.15) is 18.5 Å². The minimum Gasteiger partial charge on any atom is -0.388 e. The van der Waals surface area contributed by atoms with Gasteiger partial charge in [-0.2, -0.15) is 0 Å². The molecule has 0 saturated heterocycles. The van der Waals surface area contributed by atoms with Gasteiger partial charge in [0.1, 0.15) is 4.99 Å². The second-order valence-corrected chi connectivity index (χ2v) is 4.06. The predicted octanol–water partition coefficient (Wildman–Crippen LogP) is 1.54. The molecule has 2 rings (SSSR count). The fourth-order valence-electron chi connectivity index (χ4n) is 1.26. The average Bonchev–Trinajstić information content (AvgIpc) is 2.99. The molecular formula is C10H13N3S. The Bertz CT molecular complexity index is 347. The summed E-state index contributed by atoms with van der Waals surface area (Å²) in [6.45, 7) is 1.04. The van der Waals surface area contributed by atoms with E-state index in [1.165, 1.54) is 12.8 Å². The van der Waals surface area contributed by atoms with Crippen LogP contribution < -0.4 is 11.1 Å². The topological polar surface area (TPSA) is 50.9 Å². The summed E-state index contributed by atoms with van der Waals surface area (Å²) >= 11 is 4.86. The molecule has 1 aromatic rings. The highest BCUT2D eigenvalue weighted by Gasteiger charge is 2.20. The van der Waals surface area contributed by atoms with Crippen LogP contribution in [0.2, 0.25) is 0 Å². The van der Waals surface area contributed by atoms with Gasteiger partial charge in [0, 0.05) is 18.4 Å². The van der Waals surface area contributed by atoms with E-state index >= 15 is 0 Å². The quantitative estimate of drug-likeness (QED) is 0.735. The third-order valence-electron chi connectivity index (χ3n) is 2.30. The van der Waals surface area contributed by atoms with Crippen molar-refractivity contribution in [3.05, 3.63) is 24.0 Å². The number of nitrogens with zero attached hydrogens (tertiary/aromatic N) is 1. The molecule has 14 heavy (non-hydrogen) atoms. The first kappa shape index (κ1) is 9.40. The molecule has 1 fully saturated rings. The van der Waals surface area contributed by atoms with E-state index in [0.717, 1.165) is 18.2 Å². The Hall–Kier alpha value is -1.16. The highest BCUT2D eigenvalue weighted by molar-refractivity contribution is 7.80. The van der Waals surface area contributed by atoms with Crippen LogP contribution in [0.4, 0.5) is 5.69 Å². The Morgan fingerprint density at radius 3 is 3.07 bits per heavy atom. The Labute approximate surface area is 88.7 Å². The molecule has 0 spiro atoms. The van der Waals surface area contributed by atoms with Crippen LogP contribution in [0.15, 0.2) is 18.3 Å². The van der Waals surface area contributed by atoms with Gasteiger partial charge in [0.25, 0.3) is 0 Å². The molecule has 3 nitrogen and oxygen atoms in total. The molecule has 1 aliphatic rings. The van der Waals surface area contributed by atoms with Crippen molar-refractivity contribution in [1.29, 1.82) is 0 Å². The predicted molar refractivity (Wildman–Crippen MR) is 61.3 cm³/mol. The number of nitrogens with two attached hydrogens (primary N) is 1. The van der Waals surface area contributed by atoms with Crippen LogP contribution in [-0.4, -0.2) is 16.5 Å². The van der Waals surface area contributed by atoms with E-state index in [0.29, 0.717) is 10.7 Å². The van der Waals surface area contributed by atoms with Crippen LogP contribution >= 0.6 is 12.2 Å². The van der Waals surface area contributed by atoms with Crippen LogP contribution in [0.5, 0.6) is 0 Å². The standard InChI is InChI=1S/C10H13N3S/c11-10(14)9-5-8(3-4-12-9)13-6-7-1-2-7/h3-5,7H,1-2,6H2,(H2,11,14)(H,12,13). The van der Waals surface area contributed by atoms with Gasteiger partial charge in [-0.25, -0.2) is 0 Å². The van der Waals surface area contributed by atoms with Gasteiger partial charge in [0.05, 0.1) is 5.69 Å². The van der Waals surface area contributed by atoms with Gasteiger partial charge in [-0.1, -0.05) is 12.2 Å². The van der Waals surface area contributed by atoms with E-state index in [1.807, 2.05) is 12.1 Å². The molecule has 0 aromatic carbocycles. The maximum Gasteiger partial charge on any atom is 0.122 e. The molecule has 0 bridgehead atoms. The molecule has 0 atom stereocenters. The second-order valence-electron chi connectivity index (χ2n) is 3.62. The molecule has 0 amide bonds. The Balaban J connectivity index is 2.01. The van der Waals surface area contributed by atoms with Gasteiger partial charge in [-0.05, 0) is 30.9 Å². The maximum atomic E-state index is 5.49. The summed E-state index contributed by atoms with van der Waals surface area (Å²) < 4.78 is 0. The van der Waals surface area contributed by atoms with Crippen LogP contribution in [0.3, 0.4) is 0 Å². The van der Waals surface area contributed by atoms with Crippen molar-refractivity contribution in [2.45, 2.75) is 12.8 Å². The third-order valence-corrected chi connectivity index (χ3v) is 2.51. The smallest absolute Gasteiger partial charge is 0.122 e. The molecule has 4 heteroatoms. The van der Waals surface area contributed by atoms with Crippen molar-refractivity contribution >= 4 is 22.9 Å². The summed E-state index contributed by atoms with van der Waals surface area (Å²) in [4.78, 5) is 4.42. The zero-order valence-corrected chi connectivity index (χ0v) is 8.68. The monoisotopic (exact) mass is 207 g/mol. The molecule has 0 aliphatic heterocycles. The lowest BCUT2D eigenvalue weighted by atomic mass is 10.3. The van der Waals surface area contributed by atoms with E-state index in [2.05, 4.69) is 10.3 Å². The van der Waals surface area contributed by atoms with Crippen molar-refractivity contribution < 1.29 is 0 Å². The highest BCUT2D eigenvalue weighted by Crippen LogP contribution is 2.28. The van der Waals surface area contributed by atoms with Gasteiger partial charge >= 0.3 is 0 Å². The van der Waals surface area contributed by atoms with Gasteiger partial charge in [-0.3, -0.25) is 4.98 Å². The number of hydrogen-bond acceptors (Lipinski definition) is 3. The third kappa shape index (κ3) is 2.42. The second kappa shape index (κ2) is 3.92. The molecule has 1 aromatic heterocycles. The Morgan fingerprint density at radius 1 is 1.64 bits per heavy atom. The number of hydrogen-bond donors (Lipinski definition) is 2. The first-order valence-corrected chi connectivity index (χ1v) is 5.16. The fraction of sp³-hybridized carbons (Fsp3) is 0.400. The summed E-state index contributed by atoms with van der Waals surface area (Å²) in [6, 6.07) is 3.83. The van der Waals surface area contributed by atoms with Crippen molar-refractivity contribution in [3.63, 3.8) is 0 Å². The van der Waals surface area contributed by atoms with Gasteiger partial charge in [0.15, 0.2) is 0 Å². The molecule has 1 heterocycles. The zero-order valence-electron chi connectivity index (χ0n) is 7.86. The van der Waals surface area contributed by atoms with Crippen molar-refractivity contribution in [2.75, 3.05) is 11.9 Å². The molecule has 1 saturated carbocycles. The number of rotatable bonds is 4. The Morgan fingerprint density at radius 2 is 2.43 bits per heavy atom. The first-order valence-electron chi connectivity index (χ1n) is 4.75. The molecule has 3 N–H and O–H groups in total. The number of nitrogens with one attached hydrogen (secondary N) is 1. The highest BCUT2D eigenvalue weighted by atomic mass is 32.1. The van der Waals surface area contributed by atoms with Crippen LogP contribution in [0, 0.1) is 5.92 Å². The molecule has 0 radical (unpaired) electrons. The van der Waals surface area contributed by atoms with E-state index < -0.39 is 0 Å². The summed E-state index contributed by atoms with van der Waals surface area (Å²) in [5, 5.41) is 3.35. The summed E-state index contributed by atoms with van der Waals surface area (Å²) in [5.41, 5.74) is 7.22. The van der Waals surface area contributed by atoms with Crippen molar-refractivity contribution in [1.82, 2.24) is 4.98 Å². The lowest BCUT2D eigenvalue weighted by Crippen LogP contribution is -2.12. The summed E-state index contributed by atoms with van der Waals surface area (Å²) in [7, 11) is 0. The van der Waals surface area contributed by atoms with E-state index in [1.54, 1.807) is 6.20 Å². The molecule has 0 unspecified atom stereocenters. The summed E-state index contributed by atoms with van der Waals surface area (Å²) in [5.74, 6) is 0.858. The largest absolute Gasteiger partial charge is 0.388 e. The molecule has 74 valence electrons. The molecule has 1 aliphatic carbocycles. The van der Waals surface area contributed by atoms with Crippen LogP contribution in [0.25, 0.3) is 0 Å². The van der Waals surface area contributed by atoms with E-state index in [-0.39, 0.29) is 0 Å². The van der Waals surface area contributed by atoms with Gasteiger partial charge < -0.3 is 11.1 Å². The number of aromatic nitrogens is 1. The normalized spacial score (nSPS) is 15.1. The lowest BCUT2D eigenvalue weighted by molar-refractivity contribution is 0.889. The maximum absolute atomic E-state index is 5.49. The fourth-order valence-corrected chi connectivity index (χ4v) is 1.37. The SMILES string of the molecule is NC(=S)c1cc(NCC2CC2)ccn1. The zero-order chi connectivity index (χ0) is 9.97. The lowest BCUT2D eigenvalue weighted by Gasteiger charge is -2.05. The minimum atomic E-state index is 0.347. The number of anilines is 1. The van der Waals surface area contributed by atoms with Crippen LogP contribution in [-0.2, 0) is 0 Å². The minimum absolute atomic E-state index is 0.347. The van der Waals surface area contributed by atoms with Crippen molar-refractivity contribution in [2.24, 2.45) is 11.7 Å². The van der Waals surface area contributed by atoms with E-state index in [9.17, 15) is 0 Å². The average molecular weight is 207 g/mol. The number of pyridine rings is 1.